The number of nitrogens with one attached hydrogen (secondary N) is 1. The highest BCUT2D eigenvalue weighted by molar-refractivity contribution is 6.33. The van der Waals surface area contributed by atoms with E-state index in [0.717, 1.165) is 11.3 Å². The summed E-state index contributed by atoms with van der Waals surface area (Å²) in [6.07, 6.45) is 2.81. The topological polar surface area (TPSA) is 73.2 Å². The summed E-state index contributed by atoms with van der Waals surface area (Å²) >= 11 is 5.97. The minimum atomic E-state index is -0.669. The van der Waals surface area contributed by atoms with Crippen molar-refractivity contribution < 1.29 is 18.7 Å². The number of ether oxygens (including phenoxy) is 1. The Morgan fingerprint density at radius 1 is 1.17 bits per heavy atom. The Morgan fingerprint density at radius 3 is 2.57 bits per heavy atom. The molecule has 1 N–H and O–H groups in total. The van der Waals surface area contributed by atoms with Gasteiger partial charge < -0.3 is 10.1 Å². The lowest BCUT2D eigenvalue weighted by Crippen LogP contribution is -2.20. The van der Waals surface area contributed by atoms with Gasteiger partial charge in [0, 0.05) is 17.3 Å². The van der Waals surface area contributed by atoms with Gasteiger partial charge in [-0.05, 0) is 56.3 Å². The second-order valence-electron chi connectivity index (χ2n) is 6.44. The number of aryl methyl sites for hydroxylation is 1. The lowest BCUT2D eigenvalue weighted by atomic mass is 10.2. The SMILES string of the molecule is Cc1nn(-c2ccc(F)cc2)c(C)c1/C=C/C(=O)OCC(=O)Nc1ccccc1Cl. The van der Waals surface area contributed by atoms with Crippen LogP contribution in [-0.4, -0.2) is 28.3 Å². The maximum Gasteiger partial charge on any atom is 0.331 e. The van der Waals surface area contributed by atoms with E-state index in [4.69, 9.17) is 16.3 Å². The molecule has 6 nitrogen and oxygen atoms in total. The number of hydrogen-bond acceptors (Lipinski definition) is 4. The van der Waals surface area contributed by atoms with Gasteiger partial charge in [-0.2, -0.15) is 5.10 Å². The van der Waals surface area contributed by atoms with Crippen LogP contribution in [0.15, 0.2) is 54.6 Å². The zero-order valence-corrected chi connectivity index (χ0v) is 17.1. The highest BCUT2D eigenvalue weighted by Gasteiger charge is 2.12. The molecule has 0 unspecified atom stereocenters. The number of carbonyl (C=O) groups is 2. The van der Waals surface area contributed by atoms with E-state index in [1.165, 1.54) is 18.2 Å². The van der Waals surface area contributed by atoms with Crippen LogP contribution in [0.2, 0.25) is 5.02 Å². The molecule has 2 aromatic carbocycles. The summed E-state index contributed by atoms with van der Waals surface area (Å²) < 4.78 is 19.8. The first kappa shape index (κ1) is 21.3. The van der Waals surface area contributed by atoms with Crippen molar-refractivity contribution in [1.29, 1.82) is 0 Å². The number of amides is 1. The quantitative estimate of drug-likeness (QED) is 0.465. The number of para-hydroxylation sites is 1. The predicted molar refractivity (Wildman–Crippen MR) is 113 cm³/mol. The maximum atomic E-state index is 13.1. The average molecular weight is 428 g/mol. The van der Waals surface area contributed by atoms with Crippen LogP contribution in [0, 0.1) is 19.7 Å². The Hall–Kier alpha value is -3.45. The highest BCUT2D eigenvalue weighted by Crippen LogP contribution is 2.21. The van der Waals surface area contributed by atoms with Crippen molar-refractivity contribution in [3.05, 3.63) is 82.4 Å². The number of carbonyl (C=O) groups excluding carboxylic acids is 2. The number of aromatic nitrogens is 2. The van der Waals surface area contributed by atoms with E-state index in [-0.39, 0.29) is 5.82 Å². The molecule has 1 heterocycles. The van der Waals surface area contributed by atoms with Gasteiger partial charge in [0.15, 0.2) is 6.61 Å². The molecule has 0 fully saturated rings. The summed E-state index contributed by atoms with van der Waals surface area (Å²) in [5.74, 6) is -1.50. The number of rotatable bonds is 6. The number of nitrogens with zero attached hydrogens (tertiary/aromatic N) is 2. The summed E-state index contributed by atoms with van der Waals surface area (Å²) in [7, 11) is 0. The molecular formula is C22H19ClFN3O3. The maximum absolute atomic E-state index is 13.1. The Labute approximate surface area is 177 Å². The average Bonchev–Trinajstić information content (AvgIpc) is 3.01. The van der Waals surface area contributed by atoms with Gasteiger partial charge in [-0.15, -0.1) is 0 Å². The van der Waals surface area contributed by atoms with E-state index in [9.17, 15) is 14.0 Å². The van der Waals surface area contributed by atoms with Gasteiger partial charge in [0.1, 0.15) is 5.82 Å². The van der Waals surface area contributed by atoms with E-state index in [2.05, 4.69) is 10.4 Å². The fourth-order valence-electron chi connectivity index (χ4n) is 2.81. The molecule has 0 aliphatic heterocycles. The van der Waals surface area contributed by atoms with Crippen molar-refractivity contribution in [3.63, 3.8) is 0 Å². The van der Waals surface area contributed by atoms with Crippen molar-refractivity contribution in [2.75, 3.05) is 11.9 Å². The largest absolute Gasteiger partial charge is 0.452 e. The van der Waals surface area contributed by atoms with Gasteiger partial charge in [0.05, 0.1) is 22.1 Å². The first-order chi connectivity index (χ1) is 14.3. The third kappa shape index (κ3) is 5.12. The van der Waals surface area contributed by atoms with Gasteiger partial charge in [-0.3, -0.25) is 4.79 Å². The zero-order valence-electron chi connectivity index (χ0n) is 16.4. The van der Waals surface area contributed by atoms with Crippen LogP contribution in [0.3, 0.4) is 0 Å². The fraction of sp³-hybridized carbons (Fsp3) is 0.136. The standard InChI is InChI=1S/C22H19ClFN3O3/c1-14-18(15(2)27(26-14)17-9-7-16(24)8-10-17)11-12-22(29)30-13-21(28)25-20-6-4-3-5-19(20)23/h3-12H,13H2,1-2H3,(H,25,28)/b12-11+. The summed E-state index contributed by atoms with van der Waals surface area (Å²) in [6.45, 7) is 3.20. The number of benzene rings is 2. The molecule has 1 aromatic heterocycles. The first-order valence-corrected chi connectivity index (χ1v) is 9.44. The number of esters is 1. The fourth-order valence-corrected chi connectivity index (χ4v) is 3.00. The van der Waals surface area contributed by atoms with Gasteiger partial charge in [-0.25, -0.2) is 13.9 Å². The van der Waals surface area contributed by atoms with Crippen molar-refractivity contribution in [3.8, 4) is 5.69 Å². The smallest absolute Gasteiger partial charge is 0.331 e. The summed E-state index contributed by atoms with van der Waals surface area (Å²) in [6, 6.07) is 12.7. The summed E-state index contributed by atoms with van der Waals surface area (Å²) in [5.41, 5.74) is 3.35. The molecular weight excluding hydrogens is 409 g/mol. The van der Waals surface area contributed by atoms with Crippen molar-refractivity contribution in [1.82, 2.24) is 9.78 Å². The molecule has 3 aromatic rings. The van der Waals surface area contributed by atoms with E-state index in [0.29, 0.717) is 22.1 Å². The predicted octanol–water partition coefficient (Wildman–Crippen LogP) is 4.48. The molecule has 0 aliphatic rings. The molecule has 0 bridgehead atoms. The Morgan fingerprint density at radius 2 is 1.87 bits per heavy atom. The second-order valence-corrected chi connectivity index (χ2v) is 6.85. The van der Waals surface area contributed by atoms with Crippen LogP contribution in [0.4, 0.5) is 10.1 Å². The van der Waals surface area contributed by atoms with E-state index in [1.54, 1.807) is 54.1 Å². The third-order valence-corrected chi connectivity index (χ3v) is 4.63. The molecule has 3 rings (SSSR count). The zero-order chi connectivity index (χ0) is 21.7. The van der Waals surface area contributed by atoms with Crippen LogP contribution in [0.1, 0.15) is 17.0 Å². The molecule has 154 valence electrons. The van der Waals surface area contributed by atoms with Gasteiger partial charge in [0.2, 0.25) is 0 Å². The third-order valence-electron chi connectivity index (χ3n) is 4.30. The minimum absolute atomic E-state index is 0.332. The van der Waals surface area contributed by atoms with Crippen LogP contribution in [0.25, 0.3) is 11.8 Å². The van der Waals surface area contributed by atoms with E-state index < -0.39 is 18.5 Å². The molecule has 0 spiro atoms. The molecule has 0 saturated heterocycles. The second kappa shape index (κ2) is 9.37. The summed E-state index contributed by atoms with van der Waals surface area (Å²) in [5, 5.41) is 7.39. The van der Waals surface area contributed by atoms with Crippen molar-refractivity contribution >= 4 is 35.2 Å². The molecule has 0 radical (unpaired) electrons. The highest BCUT2D eigenvalue weighted by atomic mass is 35.5. The van der Waals surface area contributed by atoms with Crippen LogP contribution in [0.5, 0.6) is 0 Å². The van der Waals surface area contributed by atoms with E-state index >= 15 is 0 Å². The monoisotopic (exact) mass is 427 g/mol. The Bertz CT molecular complexity index is 1110. The molecule has 8 heteroatoms. The van der Waals surface area contributed by atoms with Gasteiger partial charge in [0.25, 0.3) is 5.91 Å². The number of hydrogen-bond donors (Lipinski definition) is 1. The van der Waals surface area contributed by atoms with Crippen LogP contribution < -0.4 is 5.32 Å². The lowest BCUT2D eigenvalue weighted by molar-refractivity contribution is -0.142. The van der Waals surface area contributed by atoms with Gasteiger partial charge >= 0.3 is 5.97 Å². The normalized spacial score (nSPS) is 10.9. The molecule has 0 saturated carbocycles. The van der Waals surface area contributed by atoms with Crippen molar-refractivity contribution in [2.45, 2.75) is 13.8 Å². The van der Waals surface area contributed by atoms with Gasteiger partial charge in [-0.1, -0.05) is 23.7 Å². The minimum Gasteiger partial charge on any atom is -0.452 e. The molecule has 1 amide bonds. The first-order valence-electron chi connectivity index (χ1n) is 9.06. The lowest BCUT2D eigenvalue weighted by Gasteiger charge is -2.06. The number of halogens is 2. The molecule has 0 aliphatic carbocycles. The van der Waals surface area contributed by atoms with Crippen LogP contribution >= 0.6 is 11.6 Å². The number of anilines is 1. The Kier molecular flexibility index (Phi) is 6.64. The van der Waals surface area contributed by atoms with Crippen LogP contribution in [-0.2, 0) is 14.3 Å². The van der Waals surface area contributed by atoms with Crippen molar-refractivity contribution in [2.24, 2.45) is 0 Å². The Balaban J connectivity index is 1.61. The molecule has 0 atom stereocenters. The van der Waals surface area contributed by atoms with E-state index in [1.807, 2.05) is 6.92 Å². The molecule has 30 heavy (non-hydrogen) atoms. The summed E-state index contributed by atoms with van der Waals surface area (Å²) in [4.78, 5) is 23.9.